The maximum atomic E-state index is 13.1. The highest BCUT2D eigenvalue weighted by atomic mass is 19.1. The number of hydrogen-bond donors (Lipinski definition) is 3. The van der Waals surface area contributed by atoms with Crippen LogP contribution in [-0.2, 0) is 0 Å². The third-order valence-electron chi connectivity index (χ3n) is 2.13. The smallest absolute Gasteiger partial charge is 0.163 e. The van der Waals surface area contributed by atoms with Crippen LogP contribution in [0.4, 0.5) is 4.39 Å². The van der Waals surface area contributed by atoms with E-state index in [1.807, 2.05) is 0 Å². The van der Waals surface area contributed by atoms with E-state index in [1.165, 1.54) is 7.11 Å². The third-order valence-corrected chi connectivity index (χ3v) is 2.13. The van der Waals surface area contributed by atoms with Crippen LogP contribution in [-0.4, -0.2) is 23.9 Å². The lowest BCUT2D eigenvalue weighted by molar-refractivity contribution is 0.274. The van der Waals surface area contributed by atoms with E-state index < -0.39 is 11.9 Å². The summed E-state index contributed by atoms with van der Waals surface area (Å²) in [6.45, 7) is -0.126. The summed E-state index contributed by atoms with van der Waals surface area (Å²) in [6, 6.07) is 1.60. The predicted molar refractivity (Wildman–Crippen MR) is 53.2 cm³/mol. The first kappa shape index (κ1) is 11.7. The fourth-order valence-corrected chi connectivity index (χ4v) is 1.33. The van der Waals surface area contributed by atoms with Crippen LogP contribution in [0.5, 0.6) is 11.5 Å². The molecule has 84 valence electrons. The number of rotatable bonds is 4. The molecule has 0 aliphatic rings. The monoisotopic (exact) mass is 215 g/mol. The molecule has 0 aliphatic carbocycles. The lowest BCUT2D eigenvalue weighted by Gasteiger charge is -2.14. The number of aromatic hydroxyl groups is 1. The van der Waals surface area contributed by atoms with Crippen molar-refractivity contribution in [3.05, 3.63) is 23.5 Å². The topological polar surface area (TPSA) is 75.7 Å². The van der Waals surface area contributed by atoms with Gasteiger partial charge in [-0.3, -0.25) is 0 Å². The fraction of sp³-hybridized carbons (Fsp3) is 0.400. The molecule has 1 atom stereocenters. The minimum absolute atomic E-state index is 0.0402. The van der Waals surface area contributed by atoms with Crippen LogP contribution in [0.1, 0.15) is 18.0 Å². The molecule has 0 fully saturated rings. The van der Waals surface area contributed by atoms with Gasteiger partial charge in [-0.1, -0.05) is 0 Å². The Balaban J connectivity index is 3.11. The Morgan fingerprint density at radius 1 is 1.53 bits per heavy atom. The summed E-state index contributed by atoms with van der Waals surface area (Å²) in [5, 5.41) is 18.4. The molecule has 1 aromatic rings. The first-order chi connectivity index (χ1) is 7.10. The van der Waals surface area contributed by atoms with Gasteiger partial charge >= 0.3 is 0 Å². The standard InChI is InChI=1S/C10H14FNO3/c1-15-9-5-6(11)4-7(10(9)14)8(12)2-3-13/h4-5,8,13-14H,2-3,12H2,1H3. The molecule has 0 aliphatic heterocycles. The van der Waals surface area contributed by atoms with Gasteiger partial charge in [0, 0.05) is 24.3 Å². The van der Waals surface area contributed by atoms with E-state index in [0.29, 0.717) is 0 Å². The van der Waals surface area contributed by atoms with Crippen molar-refractivity contribution in [3.63, 3.8) is 0 Å². The average molecular weight is 215 g/mol. The second-order valence-corrected chi connectivity index (χ2v) is 3.16. The summed E-state index contributed by atoms with van der Waals surface area (Å²) in [5.41, 5.74) is 5.89. The summed E-state index contributed by atoms with van der Waals surface area (Å²) in [6.07, 6.45) is 0.250. The SMILES string of the molecule is COc1cc(F)cc(C(N)CCO)c1O. The highest BCUT2D eigenvalue weighted by Gasteiger charge is 2.16. The van der Waals surface area contributed by atoms with Crippen molar-refractivity contribution < 1.29 is 19.3 Å². The first-order valence-corrected chi connectivity index (χ1v) is 4.53. The Hall–Kier alpha value is -1.33. The van der Waals surface area contributed by atoms with E-state index in [4.69, 9.17) is 15.6 Å². The number of nitrogens with two attached hydrogens (primary N) is 1. The zero-order chi connectivity index (χ0) is 11.4. The number of halogens is 1. The lowest BCUT2D eigenvalue weighted by atomic mass is 10.0. The van der Waals surface area contributed by atoms with Gasteiger partial charge in [0.05, 0.1) is 7.11 Å². The molecule has 0 radical (unpaired) electrons. The molecular weight excluding hydrogens is 201 g/mol. The van der Waals surface area contributed by atoms with E-state index in [9.17, 15) is 9.50 Å². The number of methoxy groups -OCH3 is 1. The maximum Gasteiger partial charge on any atom is 0.163 e. The van der Waals surface area contributed by atoms with E-state index >= 15 is 0 Å². The molecule has 15 heavy (non-hydrogen) atoms. The van der Waals surface area contributed by atoms with E-state index in [2.05, 4.69) is 0 Å². The molecular formula is C10H14FNO3. The van der Waals surface area contributed by atoms with Gasteiger partial charge in [-0.25, -0.2) is 4.39 Å². The van der Waals surface area contributed by atoms with Gasteiger partial charge in [0.1, 0.15) is 5.82 Å². The Labute approximate surface area is 87.1 Å². The Bertz CT molecular complexity index is 344. The van der Waals surface area contributed by atoms with E-state index in [0.717, 1.165) is 12.1 Å². The van der Waals surface area contributed by atoms with Crippen LogP contribution < -0.4 is 10.5 Å². The molecule has 0 amide bonds. The number of benzene rings is 1. The fourth-order valence-electron chi connectivity index (χ4n) is 1.33. The molecule has 0 heterocycles. The molecule has 4 N–H and O–H groups in total. The first-order valence-electron chi connectivity index (χ1n) is 4.53. The summed E-state index contributed by atoms with van der Waals surface area (Å²) in [4.78, 5) is 0. The van der Waals surface area contributed by atoms with Gasteiger partial charge < -0.3 is 20.7 Å². The predicted octanol–water partition coefficient (Wildman–Crippen LogP) is 0.922. The quantitative estimate of drug-likeness (QED) is 0.698. The minimum Gasteiger partial charge on any atom is -0.504 e. The second-order valence-electron chi connectivity index (χ2n) is 3.16. The molecule has 1 aromatic carbocycles. The van der Waals surface area contributed by atoms with E-state index in [1.54, 1.807) is 0 Å². The van der Waals surface area contributed by atoms with Gasteiger partial charge in [-0.05, 0) is 12.5 Å². The number of aliphatic hydroxyl groups is 1. The van der Waals surface area contributed by atoms with Gasteiger partial charge in [0.15, 0.2) is 11.5 Å². The highest BCUT2D eigenvalue weighted by molar-refractivity contribution is 5.47. The lowest BCUT2D eigenvalue weighted by Crippen LogP contribution is -2.12. The van der Waals surface area contributed by atoms with Crippen molar-refractivity contribution >= 4 is 0 Å². The zero-order valence-electron chi connectivity index (χ0n) is 8.40. The van der Waals surface area contributed by atoms with Crippen molar-refractivity contribution in [3.8, 4) is 11.5 Å². The van der Waals surface area contributed by atoms with Gasteiger partial charge in [-0.2, -0.15) is 0 Å². The average Bonchev–Trinajstić information content (AvgIpc) is 2.21. The summed E-state index contributed by atoms with van der Waals surface area (Å²) in [5.74, 6) is -0.675. The maximum absolute atomic E-state index is 13.1. The molecule has 1 unspecified atom stereocenters. The molecule has 0 aromatic heterocycles. The molecule has 4 nitrogen and oxygen atoms in total. The second kappa shape index (κ2) is 4.95. The Morgan fingerprint density at radius 3 is 2.73 bits per heavy atom. The number of ether oxygens (including phenoxy) is 1. The van der Waals surface area contributed by atoms with Crippen LogP contribution >= 0.6 is 0 Å². The van der Waals surface area contributed by atoms with Gasteiger partial charge in [-0.15, -0.1) is 0 Å². The van der Waals surface area contributed by atoms with Crippen molar-refractivity contribution in [2.24, 2.45) is 5.73 Å². The van der Waals surface area contributed by atoms with Crippen molar-refractivity contribution in [1.82, 2.24) is 0 Å². The van der Waals surface area contributed by atoms with Gasteiger partial charge in [0.25, 0.3) is 0 Å². The zero-order valence-corrected chi connectivity index (χ0v) is 8.40. The van der Waals surface area contributed by atoms with Crippen LogP contribution in [0.3, 0.4) is 0 Å². The third kappa shape index (κ3) is 2.57. The largest absolute Gasteiger partial charge is 0.504 e. The van der Waals surface area contributed by atoms with Crippen LogP contribution in [0.25, 0.3) is 0 Å². The number of hydrogen-bond acceptors (Lipinski definition) is 4. The number of phenolic OH excluding ortho intramolecular Hbond substituents is 1. The molecule has 0 bridgehead atoms. The Kier molecular flexibility index (Phi) is 3.88. The van der Waals surface area contributed by atoms with Crippen molar-refractivity contribution in [2.45, 2.75) is 12.5 Å². The molecule has 0 saturated carbocycles. The van der Waals surface area contributed by atoms with Crippen LogP contribution in [0.2, 0.25) is 0 Å². The Morgan fingerprint density at radius 2 is 2.20 bits per heavy atom. The highest BCUT2D eigenvalue weighted by Crippen LogP contribution is 2.34. The molecule has 0 saturated heterocycles. The number of phenols is 1. The molecule has 1 rings (SSSR count). The summed E-state index contributed by atoms with van der Waals surface area (Å²) in [7, 11) is 1.33. The van der Waals surface area contributed by atoms with Crippen molar-refractivity contribution in [1.29, 1.82) is 0 Å². The van der Waals surface area contributed by atoms with Crippen LogP contribution in [0, 0.1) is 5.82 Å². The van der Waals surface area contributed by atoms with Crippen LogP contribution in [0.15, 0.2) is 12.1 Å². The van der Waals surface area contributed by atoms with E-state index in [-0.39, 0.29) is 30.1 Å². The number of aliphatic hydroxyl groups excluding tert-OH is 1. The van der Waals surface area contributed by atoms with Gasteiger partial charge in [0.2, 0.25) is 0 Å². The molecule has 0 spiro atoms. The molecule has 5 heteroatoms. The summed E-state index contributed by atoms with van der Waals surface area (Å²) < 4.78 is 17.9. The summed E-state index contributed by atoms with van der Waals surface area (Å²) >= 11 is 0. The normalized spacial score (nSPS) is 12.5. The minimum atomic E-state index is -0.611. The van der Waals surface area contributed by atoms with Crippen molar-refractivity contribution in [2.75, 3.05) is 13.7 Å².